The van der Waals surface area contributed by atoms with Gasteiger partial charge in [0.15, 0.2) is 5.60 Å². The summed E-state index contributed by atoms with van der Waals surface area (Å²) in [5.74, 6) is -2.85. The van der Waals surface area contributed by atoms with E-state index in [1.165, 1.54) is 5.57 Å². The van der Waals surface area contributed by atoms with Crippen molar-refractivity contribution in [3.05, 3.63) is 46.3 Å². The van der Waals surface area contributed by atoms with E-state index in [1.54, 1.807) is 0 Å². The molecule has 5 rings (SSSR count). The van der Waals surface area contributed by atoms with Crippen LogP contribution in [0.15, 0.2) is 51.4 Å². The van der Waals surface area contributed by atoms with Crippen molar-refractivity contribution in [1.29, 1.82) is 0 Å². The maximum atomic E-state index is 15.5. The minimum atomic E-state index is -1.48. The van der Waals surface area contributed by atoms with E-state index in [1.807, 2.05) is 6.92 Å². The van der Waals surface area contributed by atoms with Gasteiger partial charge in [0.05, 0.1) is 24.0 Å². The highest BCUT2D eigenvalue weighted by Crippen LogP contribution is 2.63. The Hall–Kier alpha value is -2.75. The lowest BCUT2D eigenvalue weighted by molar-refractivity contribution is -0.166. The van der Waals surface area contributed by atoms with Crippen LogP contribution in [0.5, 0.6) is 0 Å². The number of allylic oxidation sites excluding steroid dienone is 4. The van der Waals surface area contributed by atoms with E-state index in [4.69, 9.17) is 14.3 Å². The van der Waals surface area contributed by atoms with Crippen LogP contribution in [-0.4, -0.2) is 69.9 Å². The molecule has 1 aliphatic heterocycles. The van der Waals surface area contributed by atoms with Crippen LogP contribution in [0.4, 0.5) is 0 Å². The van der Waals surface area contributed by atoms with Crippen molar-refractivity contribution in [2.24, 2.45) is 63.3 Å². The third-order valence-electron chi connectivity index (χ3n) is 15.3. The Morgan fingerprint density at radius 1 is 1.03 bits per heavy atom. The number of aliphatic hydroxyl groups is 3. The van der Waals surface area contributed by atoms with Gasteiger partial charge in [-0.2, -0.15) is 0 Å². The summed E-state index contributed by atoms with van der Waals surface area (Å²) in [6.07, 6.45) is 12.1. The third kappa shape index (κ3) is 8.19. The van der Waals surface area contributed by atoms with Crippen molar-refractivity contribution in [2.75, 3.05) is 13.2 Å². The van der Waals surface area contributed by atoms with Gasteiger partial charge >= 0.3 is 5.97 Å². The van der Waals surface area contributed by atoms with Crippen molar-refractivity contribution in [1.82, 2.24) is 0 Å². The second kappa shape index (κ2) is 18.5. The number of hydrogen-bond acceptors (Lipinski definition) is 9. The standard InChI is InChI=1S/C49H77NO8/c1-13-16-20-56-50-38-24-39(52)37-22-30(7)41-36(14-2)23-35(27-51)21-31(8)43(57-28(4)5)29(6)18-17-19-47(12)25-32(9)33(10)26-49(47)45(54)40(46(55)58-49)44(53)48(41,15-3)42(37)34(38)11/h22-23,25,28-29,31,33-35,37,39,41-43,51-53H,13-21,24,26-27H2,1-12H3/b36-23+,44-40+,50-38+/t29-,31-,33-,34?,35-,37-,39?,41?,42?,43-,47-,48?,49?/m1/s1. The highest BCUT2D eigenvalue weighted by molar-refractivity contribution is 6.26. The molecule has 2 bridgehead atoms. The predicted octanol–water partition coefficient (Wildman–Crippen LogP) is 10.0. The molecule has 13 atom stereocenters. The van der Waals surface area contributed by atoms with Gasteiger partial charge in [0.2, 0.25) is 5.78 Å². The van der Waals surface area contributed by atoms with Gasteiger partial charge in [-0.25, -0.2) is 4.79 Å². The number of hydrogen-bond donors (Lipinski definition) is 3. The van der Waals surface area contributed by atoms with Crippen LogP contribution >= 0.6 is 0 Å². The fourth-order valence-electron chi connectivity index (χ4n) is 12.3. The van der Waals surface area contributed by atoms with Crippen LogP contribution in [0.2, 0.25) is 0 Å². The summed E-state index contributed by atoms with van der Waals surface area (Å²) >= 11 is 0. The number of ketones is 1. The molecular weight excluding hydrogens is 731 g/mol. The quantitative estimate of drug-likeness (QED) is 0.0689. The van der Waals surface area contributed by atoms with Crippen LogP contribution < -0.4 is 0 Å². The maximum absolute atomic E-state index is 15.5. The molecule has 58 heavy (non-hydrogen) atoms. The van der Waals surface area contributed by atoms with Crippen LogP contribution in [0.1, 0.15) is 147 Å². The summed E-state index contributed by atoms with van der Waals surface area (Å²) in [7, 11) is 0. The number of aliphatic hydroxyl groups excluding tert-OH is 3. The molecule has 3 N–H and O–H groups in total. The molecule has 1 spiro atoms. The van der Waals surface area contributed by atoms with E-state index >= 15 is 4.79 Å². The number of nitrogens with zero attached hydrogens (tertiary/aromatic N) is 1. The molecule has 9 nitrogen and oxygen atoms in total. The van der Waals surface area contributed by atoms with E-state index in [9.17, 15) is 20.1 Å². The van der Waals surface area contributed by atoms with E-state index in [0.717, 1.165) is 36.8 Å². The number of oxime groups is 1. The van der Waals surface area contributed by atoms with Gasteiger partial charge in [0.25, 0.3) is 0 Å². The number of fused-ring (bicyclic) bond motifs is 4. The zero-order chi connectivity index (χ0) is 42.9. The molecule has 1 saturated carbocycles. The zero-order valence-corrected chi connectivity index (χ0v) is 37.9. The van der Waals surface area contributed by atoms with Crippen LogP contribution in [0, 0.1) is 58.2 Å². The molecule has 2 fully saturated rings. The monoisotopic (exact) mass is 808 g/mol. The summed E-state index contributed by atoms with van der Waals surface area (Å²) in [6.45, 7) is 25.6. The summed E-state index contributed by atoms with van der Waals surface area (Å²) in [6, 6.07) is 0. The Morgan fingerprint density at radius 2 is 1.74 bits per heavy atom. The Balaban J connectivity index is 1.83. The fraction of sp³-hybridized carbons (Fsp3) is 0.776. The van der Waals surface area contributed by atoms with Gasteiger partial charge in [0.1, 0.15) is 17.9 Å². The summed E-state index contributed by atoms with van der Waals surface area (Å²) < 4.78 is 13.2. The van der Waals surface area contributed by atoms with Gasteiger partial charge < -0.3 is 29.6 Å². The Bertz CT molecular complexity index is 1670. The average Bonchev–Trinajstić information content (AvgIpc) is 3.42. The summed E-state index contributed by atoms with van der Waals surface area (Å²) in [5, 5.41) is 41.0. The van der Waals surface area contributed by atoms with Gasteiger partial charge in [-0.15, -0.1) is 0 Å². The Kier molecular flexibility index (Phi) is 14.8. The zero-order valence-electron chi connectivity index (χ0n) is 37.9. The molecule has 5 aliphatic rings. The number of unbranched alkanes of at least 4 members (excludes halogenated alkanes) is 1. The summed E-state index contributed by atoms with van der Waals surface area (Å²) in [5.41, 5.74) is 0.139. The third-order valence-corrected chi connectivity index (χ3v) is 15.3. The number of carbonyl (C=O) groups is 2. The molecule has 6 unspecified atom stereocenters. The van der Waals surface area contributed by atoms with Crippen LogP contribution in [0.3, 0.4) is 0 Å². The highest BCUT2D eigenvalue weighted by Gasteiger charge is 2.67. The molecule has 0 aromatic heterocycles. The van der Waals surface area contributed by atoms with Crippen molar-refractivity contribution < 1.29 is 39.2 Å². The van der Waals surface area contributed by atoms with Crippen LogP contribution in [-0.2, 0) is 23.9 Å². The van der Waals surface area contributed by atoms with Crippen molar-refractivity contribution in [2.45, 2.75) is 171 Å². The molecule has 326 valence electrons. The normalized spacial score (nSPS) is 43.0. The molecular formula is C49H77NO8. The van der Waals surface area contributed by atoms with Gasteiger partial charge in [0, 0.05) is 54.0 Å². The van der Waals surface area contributed by atoms with Gasteiger partial charge in [-0.1, -0.05) is 108 Å². The first-order valence-electron chi connectivity index (χ1n) is 22.8. The molecule has 1 saturated heterocycles. The maximum Gasteiger partial charge on any atom is 0.346 e. The van der Waals surface area contributed by atoms with Crippen molar-refractivity contribution in [3.8, 4) is 0 Å². The fourth-order valence-corrected chi connectivity index (χ4v) is 12.3. The lowest BCUT2D eigenvalue weighted by Crippen LogP contribution is -2.57. The molecule has 4 aliphatic carbocycles. The molecule has 0 aromatic rings. The van der Waals surface area contributed by atoms with E-state index < -0.39 is 46.1 Å². The van der Waals surface area contributed by atoms with Crippen molar-refractivity contribution in [3.63, 3.8) is 0 Å². The van der Waals surface area contributed by atoms with Gasteiger partial charge in [-0.05, 0) is 89.9 Å². The topological polar surface area (TPSA) is 135 Å². The second-order valence-corrected chi connectivity index (χ2v) is 19.6. The first-order valence-corrected chi connectivity index (χ1v) is 22.8. The molecule has 0 amide bonds. The lowest BCUT2D eigenvalue weighted by atomic mass is 9.46. The predicted molar refractivity (Wildman–Crippen MR) is 230 cm³/mol. The first kappa shape index (κ1) is 46.3. The van der Waals surface area contributed by atoms with Crippen molar-refractivity contribution >= 4 is 17.5 Å². The first-order chi connectivity index (χ1) is 27.4. The Labute approximate surface area is 349 Å². The van der Waals surface area contributed by atoms with Crippen LogP contribution in [0.25, 0.3) is 0 Å². The molecule has 0 aromatic carbocycles. The van der Waals surface area contributed by atoms with E-state index in [-0.39, 0.29) is 65.7 Å². The minimum absolute atomic E-state index is 0.00817. The SMILES string of the molecule is CCCCO/N=C1\CC(O)[C@H]2C=C(C)C3/C(CC)=C/[C@H](CO)C[C@@H](C)[C@H](OC(C)C)[C@H](C)CCC[C@]4(C)C=C(C)[C@H](C)CC45OC(=O)/C(=C(/O)C3(CC)C2C1C)C5=O. The number of esters is 1. The minimum Gasteiger partial charge on any atom is -0.511 e. The number of Topliss-reactive ketones (excluding diaryl/α,β-unsaturated/α-hetero) is 1. The smallest absolute Gasteiger partial charge is 0.346 e. The van der Waals surface area contributed by atoms with E-state index in [2.05, 4.69) is 99.5 Å². The highest BCUT2D eigenvalue weighted by atomic mass is 16.6. The van der Waals surface area contributed by atoms with E-state index in [0.29, 0.717) is 50.8 Å². The molecule has 0 radical (unpaired) electrons. The number of carbonyl (C=O) groups excluding carboxylic acids is 2. The molecule has 9 heteroatoms. The number of rotatable bonds is 9. The van der Waals surface area contributed by atoms with Gasteiger partial charge in [-0.3, -0.25) is 4.79 Å². The molecule has 1 heterocycles. The summed E-state index contributed by atoms with van der Waals surface area (Å²) in [4.78, 5) is 36.0. The largest absolute Gasteiger partial charge is 0.511 e. The lowest BCUT2D eigenvalue weighted by Gasteiger charge is -2.57. The second-order valence-electron chi connectivity index (χ2n) is 19.6. The number of ether oxygens (including phenoxy) is 2. The average molecular weight is 808 g/mol. The Morgan fingerprint density at radius 3 is 2.36 bits per heavy atom.